The molecule has 0 amide bonds. The number of nitrogens with one attached hydrogen (secondary N) is 2. The topological polar surface area (TPSA) is 54.2 Å². The lowest BCUT2D eigenvalue weighted by molar-refractivity contribution is 0.873. The average Bonchev–Trinajstić information content (AvgIpc) is 2.95. The van der Waals surface area contributed by atoms with E-state index in [-0.39, 0.29) is 6.04 Å². The summed E-state index contributed by atoms with van der Waals surface area (Å²) in [4.78, 5) is 8.88. The Bertz CT molecular complexity index is 768. The molecule has 2 heterocycles. The molecule has 1 unspecified atom stereocenters. The first-order valence-corrected chi connectivity index (χ1v) is 7.08. The maximum Gasteiger partial charge on any atom is 0.180 e. The van der Waals surface area contributed by atoms with Gasteiger partial charge in [-0.1, -0.05) is 23.7 Å². The summed E-state index contributed by atoms with van der Waals surface area (Å²) >= 11 is 6.05. The van der Waals surface area contributed by atoms with E-state index < -0.39 is 0 Å². The van der Waals surface area contributed by atoms with E-state index in [0.717, 1.165) is 27.9 Å². The van der Waals surface area contributed by atoms with Gasteiger partial charge in [-0.25, -0.2) is 9.97 Å². The molecule has 0 aliphatic rings. The Kier molecular flexibility index (Phi) is 3.66. The number of rotatable bonds is 4. The number of hydrogen-bond acceptors (Lipinski definition) is 4. The molecule has 3 aromatic rings. The van der Waals surface area contributed by atoms with Crippen LogP contribution in [0.15, 0.2) is 42.9 Å². The van der Waals surface area contributed by atoms with Crippen LogP contribution in [0.4, 0.5) is 11.6 Å². The van der Waals surface area contributed by atoms with Crippen molar-refractivity contribution in [2.45, 2.75) is 13.0 Å². The summed E-state index contributed by atoms with van der Waals surface area (Å²) in [5, 5.41) is 7.17. The van der Waals surface area contributed by atoms with E-state index in [2.05, 4.69) is 27.5 Å². The highest BCUT2D eigenvalue weighted by atomic mass is 35.5. The predicted molar refractivity (Wildman–Crippen MR) is 86.0 cm³/mol. The van der Waals surface area contributed by atoms with E-state index in [1.54, 1.807) is 6.20 Å². The van der Waals surface area contributed by atoms with Crippen LogP contribution < -0.4 is 10.6 Å². The molecule has 0 saturated heterocycles. The fourth-order valence-electron chi connectivity index (χ4n) is 2.21. The molecule has 2 aromatic heterocycles. The van der Waals surface area contributed by atoms with Gasteiger partial charge in [0.25, 0.3) is 0 Å². The van der Waals surface area contributed by atoms with E-state index in [9.17, 15) is 0 Å². The number of hydrogen-bond donors (Lipinski definition) is 2. The quantitative estimate of drug-likeness (QED) is 0.773. The number of nitrogens with zero attached hydrogens (tertiary/aromatic N) is 3. The van der Waals surface area contributed by atoms with Gasteiger partial charge in [-0.2, -0.15) is 0 Å². The van der Waals surface area contributed by atoms with Gasteiger partial charge >= 0.3 is 0 Å². The Labute approximate surface area is 128 Å². The third-order valence-electron chi connectivity index (χ3n) is 3.33. The van der Waals surface area contributed by atoms with Crippen molar-refractivity contribution >= 4 is 28.9 Å². The largest absolute Gasteiger partial charge is 0.372 e. The van der Waals surface area contributed by atoms with Gasteiger partial charge in [0.2, 0.25) is 0 Å². The van der Waals surface area contributed by atoms with Gasteiger partial charge < -0.3 is 15.0 Å². The van der Waals surface area contributed by atoms with Gasteiger partial charge in [-0.05, 0) is 24.6 Å². The van der Waals surface area contributed by atoms with Gasteiger partial charge in [0.1, 0.15) is 5.82 Å². The molecule has 6 heteroatoms. The zero-order valence-electron chi connectivity index (χ0n) is 11.8. The van der Waals surface area contributed by atoms with Crippen molar-refractivity contribution in [2.24, 2.45) is 0 Å². The molecule has 0 bridgehead atoms. The molecular weight excluding hydrogens is 286 g/mol. The minimum atomic E-state index is 0.0730. The molecule has 0 radical (unpaired) electrons. The maximum absolute atomic E-state index is 6.05. The molecule has 2 N–H and O–H groups in total. The number of anilines is 2. The number of halogens is 1. The maximum atomic E-state index is 6.05. The van der Waals surface area contributed by atoms with Crippen molar-refractivity contribution in [3.05, 3.63) is 53.4 Å². The van der Waals surface area contributed by atoms with Crippen LogP contribution >= 0.6 is 11.6 Å². The summed E-state index contributed by atoms with van der Waals surface area (Å²) < 4.78 is 1.94. The van der Waals surface area contributed by atoms with Crippen LogP contribution in [0.3, 0.4) is 0 Å². The molecule has 1 aromatic carbocycles. The Morgan fingerprint density at radius 2 is 2.19 bits per heavy atom. The highest BCUT2D eigenvalue weighted by molar-refractivity contribution is 6.30. The van der Waals surface area contributed by atoms with Crippen LogP contribution in [0, 0.1) is 0 Å². The highest BCUT2D eigenvalue weighted by Crippen LogP contribution is 2.24. The third kappa shape index (κ3) is 2.78. The molecule has 21 heavy (non-hydrogen) atoms. The third-order valence-corrected chi connectivity index (χ3v) is 3.57. The molecule has 3 rings (SSSR count). The standard InChI is InChI=1S/C15H16ClN5/c1-10(11-4-3-5-12(16)8-11)19-14-15-18-6-7-21(15)9-13(17-2)20-14/h3-10,17H,1-2H3,(H,19,20). The first-order chi connectivity index (χ1) is 10.2. The van der Waals surface area contributed by atoms with Crippen molar-refractivity contribution in [2.75, 3.05) is 17.7 Å². The van der Waals surface area contributed by atoms with E-state index in [1.165, 1.54) is 0 Å². The van der Waals surface area contributed by atoms with Gasteiger partial charge in [0, 0.05) is 24.5 Å². The second-order valence-electron chi connectivity index (χ2n) is 4.80. The number of aromatic nitrogens is 3. The molecule has 108 valence electrons. The molecule has 5 nitrogen and oxygen atoms in total. The van der Waals surface area contributed by atoms with Crippen LogP contribution in [0.25, 0.3) is 5.65 Å². The SMILES string of the molecule is CNc1cn2ccnc2c(NC(C)c2cccc(Cl)c2)n1. The van der Waals surface area contributed by atoms with Crippen molar-refractivity contribution in [3.63, 3.8) is 0 Å². The monoisotopic (exact) mass is 301 g/mol. The summed E-state index contributed by atoms with van der Waals surface area (Å²) in [5.41, 5.74) is 1.90. The van der Waals surface area contributed by atoms with Crippen LogP contribution in [-0.4, -0.2) is 21.4 Å². The Hall–Kier alpha value is -2.27. The number of benzene rings is 1. The van der Waals surface area contributed by atoms with Crippen molar-refractivity contribution in [1.82, 2.24) is 14.4 Å². The van der Waals surface area contributed by atoms with Crippen molar-refractivity contribution < 1.29 is 0 Å². The minimum Gasteiger partial charge on any atom is -0.372 e. The molecular formula is C15H16ClN5. The first kappa shape index (κ1) is 13.7. The van der Waals surface area contributed by atoms with Gasteiger partial charge in [-0.15, -0.1) is 0 Å². The lowest BCUT2D eigenvalue weighted by Gasteiger charge is -2.16. The highest BCUT2D eigenvalue weighted by Gasteiger charge is 2.11. The summed E-state index contributed by atoms with van der Waals surface area (Å²) in [6.45, 7) is 2.07. The van der Waals surface area contributed by atoms with E-state index in [0.29, 0.717) is 0 Å². The average molecular weight is 302 g/mol. The smallest absolute Gasteiger partial charge is 0.180 e. The van der Waals surface area contributed by atoms with Crippen LogP contribution in [0.5, 0.6) is 0 Å². The second-order valence-corrected chi connectivity index (χ2v) is 5.24. The van der Waals surface area contributed by atoms with Crippen molar-refractivity contribution in [3.8, 4) is 0 Å². The van der Waals surface area contributed by atoms with Gasteiger partial charge in [0.15, 0.2) is 11.5 Å². The predicted octanol–water partition coefficient (Wildman–Crippen LogP) is 3.60. The zero-order valence-corrected chi connectivity index (χ0v) is 12.6. The van der Waals surface area contributed by atoms with Gasteiger partial charge in [-0.3, -0.25) is 0 Å². The Morgan fingerprint density at radius 3 is 2.95 bits per heavy atom. The van der Waals surface area contributed by atoms with Crippen LogP contribution in [0.2, 0.25) is 5.02 Å². The normalized spacial score (nSPS) is 12.3. The number of imidazole rings is 1. The second kappa shape index (κ2) is 5.61. The van der Waals surface area contributed by atoms with Crippen molar-refractivity contribution in [1.29, 1.82) is 0 Å². The lowest BCUT2D eigenvalue weighted by Crippen LogP contribution is -2.10. The summed E-state index contributed by atoms with van der Waals surface area (Å²) in [6, 6.07) is 7.87. The van der Waals surface area contributed by atoms with E-state index >= 15 is 0 Å². The minimum absolute atomic E-state index is 0.0730. The molecule has 1 atom stereocenters. The summed E-state index contributed by atoms with van der Waals surface area (Å²) in [7, 11) is 1.84. The fraction of sp³-hybridized carbons (Fsp3) is 0.200. The number of fused-ring (bicyclic) bond motifs is 1. The zero-order chi connectivity index (χ0) is 14.8. The molecule has 0 aliphatic carbocycles. The lowest BCUT2D eigenvalue weighted by atomic mass is 10.1. The summed E-state index contributed by atoms with van der Waals surface area (Å²) in [5.74, 6) is 1.51. The Morgan fingerprint density at radius 1 is 1.33 bits per heavy atom. The first-order valence-electron chi connectivity index (χ1n) is 6.71. The van der Waals surface area contributed by atoms with E-state index in [1.807, 2.05) is 48.1 Å². The molecule has 0 spiro atoms. The van der Waals surface area contributed by atoms with Crippen LogP contribution in [0.1, 0.15) is 18.5 Å². The fourth-order valence-corrected chi connectivity index (χ4v) is 2.41. The Balaban J connectivity index is 1.95. The van der Waals surface area contributed by atoms with Crippen LogP contribution in [-0.2, 0) is 0 Å². The molecule has 0 saturated carbocycles. The molecule has 0 fully saturated rings. The van der Waals surface area contributed by atoms with Gasteiger partial charge in [0.05, 0.1) is 12.2 Å². The summed E-state index contributed by atoms with van der Waals surface area (Å²) in [6.07, 6.45) is 5.55. The van der Waals surface area contributed by atoms with E-state index in [4.69, 9.17) is 11.6 Å². The molecule has 0 aliphatic heterocycles.